The van der Waals surface area contributed by atoms with Gasteiger partial charge in [-0.05, 0) is 18.4 Å². The zero-order valence-corrected chi connectivity index (χ0v) is 9.97. The van der Waals surface area contributed by atoms with E-state index < -0.39 is 17.6 Å². The number of carbonyl (C=O) groups is 1. The first-order valence-electron chi connectivity index (χ1n) is 5.53. The Bertz CT molecular complexity index is 404. The topological polar surface area (TPSA) is 79.5 Å². The molecule has 0 bridgehead atoms. The normalized spacial score (nSPS) is 12.6. The monoisotopic (exact) mass is 239 g/mol. The average molecular weight is 239 g/mol. The Hall–Kier alpha value is -1.62. The highest BCUT2D eigenvalue weighted by atomic mass is 16.4. The molecule has 1 aromatic heterocycles. The fourth-order valence-corrected chi connectivity index (χ4v) is 1.47. The Morgan fingerprint density at radius 3 is 2.65 bits per heavy atom. The summed E-state index contributed by atoms with van der Waals surface area (Å²) < 4.78 is 4.69. The zero-order chi connectivity index (χ0) is 12.8. The van der Waals surface area contributed by atoms with Gasteiger partial charge in [-0.15, -0.1) is 0 Å². The molecule has 94 valence electrons. The lowest BCUT2D eigenvalue weighted by atomic mass is 10.0. The molecule has 0 aliphatic carbocycles. The largest absolute Gasteiger partial charge is 0.480 e. The highest BCUT2D eigenvalue weighted by Gasteiger charge is 2.17. The molecular formula is C12H17NO4. The zero-order valence-electron chi connectivity index (χ0n) is 9.97. The lowest BCUT2D eigenvalue weighted by Crippen LogP contribution is -2.37. The minimum Gasteiger partial charge on any atom is -0.480 e. The molecule has 0 aliphatic rings. The van der Waals surface area contributed by atoms with Crippen LogP contribution in [0.1, 0.15) is 25.8 Å². The molecule has 0 saturated carbocycles. The standard InChI is InChI=1S/C12H17NO4/c1-8(2)5-10(12(15)16)13-6-9-3-4-11(14)17-7-9/h3-4,7-8,10,13H,5-6H2,1-2H3,(H,15,16)/t10-/m0/s1. The van der Waals surface area contributed by atoms with Crippen LogP contribution < -0.4 is 10.9 Å². The van der Waals surface area contributed by atoms with E-state index >= 15 is 0 Å². The maximum absolute atomic E-state index is 11.0. The summed E-state index contributed by atoms with van der Waals surface area (Å²) in [6, 6.07) is 2.35. The lowest BCUT2D eigenvalue weighted by molar-refractivity contribution is -0.140. The van der Waals surface area contributed by atoms with Crippen molar-refractivity contribution in [3.05, 3.63) is 34.4 Å². The van der Waals surface area contributed by atoms with Gasteiger partial charge >= 0.3 is 11.6 Å². The van der Waals surface area contributed by atoms with Crippen molar-refractivity contribution in [1.82, 2.24) is 5.32 Å². The second kappa shape index (κ2) is 6.20. The SMILES string of the molecule is CC(C)C[C@H](NCc1ccc(=O)oc1)C(=O)O. The smallest absolute Gasteiger partial charge is 0.335 e. The molecule has 1 atom stereocenters. The number of aliphatic carboxylic acids is 1. The van der Waals surface area contributed by atoms with Gasteiger partial charge in [0.05, 0.1) is 6.26 Å². The third-order valence-electron chi connectivity index (χ3n) is 2.32. The third kappa shape index (κ3) is 4.82. The first-order valence-corrected chi connectivity index (χ1v) is 5.53. The Morgan fingerprint density at radius 2 is 2.18 bits per heavy atom. The lowest BCUT2D eigenvalue weighted by Gasteiger charge is -2.16. The van der Waals surface area contributed by atoms with Crippen LogP contribution in [0.3, 0.4) is 0 Å². The fourth-order valence-electron chi connectivity index (χ4n) is 1.47. The van der Waals surface area contributed by atoms with E-state index in [4.69, 9.17) is 5.11 Å². The van der Waals surface area contributed by atoms with E-state index in [0.29, 0.717) is 18.9 Å². The summed E-state index contributed by atoms with van der Waals surface area (Å²) in [6.07, 6.45) is 1.90. The van der Waals surface area contributed by atoms with Crippen molar-refractivity contribution in [1.29, 1.82) is 0 Å². The van der Waals surface area contributed by atoms with Gasteiger partial charge in [-0.3, -0.25) is 4.79 Å². The molecule has 0 amide bonds. The summed E-state index contributed by atoms with van der Waals surface area (Å²) in [7, 11) is 0. The molecule has 5 nitrogen and oxygen atoms in total. The van der Waals surface area contributed by atoms with Crippen LogP contribution >= 0.6 is 0 Å². The molecular weight excluding hydrogens is 222 g/mol. The number of hydrogen-bond acceptors (Lipinski definition) is 4. The molecule has 0 unspecified atom stereocenters. The first kappa shape index (κ1) is 13.4. The van der Waals surface area contributed by atoms with Crippen LogP contribution in [0.5, 0.6) is 0 Å². The van der Waals surface area contributed by atoms with Gasteiger partial charge < -0.3 is 14.8 Å². The second-order valence-electron chi connectivity index (χ2n) is 4.36. The summed E-state index contributed by atoms with van der Waals surface area (Å²) in [6.45, 7) is 4.31. The minimum atomic E-state index is -0.865. The van der Waals surface area contributed by atoms with E-state index in [0.717, 1.165) is 5.56 Å². The van der Waals surface area contributed by atoms with Gasteiger partial charge in [-0.1, -0.05) is 13.8 Å². The van der Waals surface area contributed by atoms with E-state index in [1.165, 1.54) is 12.3 Å². The van der Waals surface area contributed by atoms with Gasteiger partial charge in [0.25, 0.3) is 0 Å². The Balaban J connectivity index is 2.54. The summed E-state index contributed by atoms with van der Waals surface area (Å²) in [5, 5.41) is 11.9. The Morgan fingerprint density at radius 1 is 1.47 bits per heavy atom. The maximum Gasteiger partial charge on any atom is 0.335 e. The molecule has 0 aliphatic heterocycles. The van der Waals surface area contributed by atoms with E-state index in [2.05, 4.69) is 9.73 Å². The van der Waals surface area contributed by atoms with E-state index in [1.807, 2.05) is 13.8 Å². The molecule has 1 rings (SSSR count). The first-order chi connectivity index (χ1) is 7.99. The molecule has 0 saturated heterocycles. The van der Waals surface area contributed by atoms with Crippen LogP contribution in [-0.4, -0.2) is 17.1 Å². The Labute approximate surface area is 99.5 Å². The molecule has 1 aromatic rings. The van der Waals surface area contributed by atoms with Gasteiger partial charge in [-0.2, -0.15) is 0 Å². The van der Waals surface area contributed by atoms with Crippen LogP contribution in [0, 0.1) is 5.92 Å². The van der Waals surface area contributed by atoms with Gasteiger partial charge in [0, 0.05) is 18.2 Å². The molecule has 2 N–H and O–H groups in total. The summed E-state index contributed by atoms with van der Waals surface area (Å²) in [5.41, 5.74) is 0.338. The number of rotatable bonds is 6. The van der Waals surface area contributed by atoms with E-state index in [-0.39, 0.29) is 0 Å². The van der Waals surface area contributed by atoms with Crippen molar-refractivity contribution in [3.63, 3.8) is 0 Å². The molecule has 0 radical (unpaired) electrons. The van der Waals surface area contributed by atoms with Gasteiger partial charge in [-0.25, -0.2) is 4.79 Å². The van der Waals surface area contributed by atoms with Crippen molar-refractivity contribution in [2.45, 2.75) is 32.9 Å². The van der Waals surface area contributed by atoms with Gasteiger partial charge in [0.15, 0.2) is 0 Å². The predicted molar refractivity (Wildman–Crippen MR) is 62.7 cm³/mol. The number of hydrogen-bond donors (Lipinski definition) is 2. The van der Waals surface area contributed by atoms with E-state index in [9.17, 15) is 9.59 Å². The molecule has 0 fully saturated rings. The van der Waals surface area contributed by atoms with Crippen molar-refractivity contribution < 1.29 is 14.3 Å². The third-order valence-corrected chi connectivity index (χ3v) is 2.32. The highest BCUT2D eigenvalue weighted by molar-refractivity contribution is 5.73. The van der Waals surface area contributed by atoms with Crippen LogP contribution in [0.4, 0.5) is 0 Å². The summed E-state index contributed by atoms with van der Waals surface area (Å²) >= 11 is 0. The van der Waals surface area contributed by atoms with Crippen molar-refractivity contribution in [2.24, 2.45) is 5.92 Å². The van der Waals surface area contributed by atoms with Crippen molar-refractivity contribution in [3.8, 4) is 0 Å². The number of nitrogens with one attached hydrogen (secondary N) is 1. The van der Waals surface area contributed by atoms with Crippen molar-refractivity contribution in [2.75, 3.05) is 0 Å². The van der Waals surface area contributed by atoms with Crippen LogP contribution in [-0.2, 0) is 11.3 Å². The second-order valence-corrected chi connectivity index (χ2v) is 4.36. The molecule has 0 spiro atoms. The molecule has 17 heavy (non-hydrogen) atoms. The minimum absolute atomic E-state index is 0.303. The fraction of sp³-hybridized carbons (Fsp3) is 0.500. The Kier molecular flexibility index (Phi) is 4.90. The van der Waals surface area contributed by atoms with Crippen LogP contribution in [0.25, 0.3) is 0 Å². The van der Waals surface area contributed by atoms with E-state index in [1.54, 1.807) is 6.07 Å². The van der Waals surface area contributed by atoms with Gasteiger partial charge in [0.1, 0.15) is 6.04 Å². The average Bonchev–Trinajstić information content (AvgIpc) is 2.25. The highest BCUT2D eigenvalue weighted by Crippen LogP contribution is 2.06. The molecule has 5 heteroatoms. The molecule has 1 heterocycles. The van der Waals surface area contributed by atoms with Gasteiger partial charge in [0.2, 0.25) is 0 Å². The number of carboxylic acid groups (broad SMARTS) is 1. The predicted octanol–water partition coefficient (Wildman–Crippen LogP) is 1.23. The van der Waals surface area contributed by atoms with Crippen LogP contribution in [0.2, 0.25) is 0 Å². The quantitative estimate of drug-likeness (QED) is 0.780. The van der Waals surface area contributed by atoms with Crippen molar-refractivity contribution >= 4 is 5.97 Å². The maximum atomic E-state index is 11.0. The molecule has 0 aromatic carbocycles. The summed E-state index contributed by atoms with van der Waals surface area (Å²) in [4.78, 5) is 21.7. The van der Waals surface area contributed by atoms with Crippen LogP contribution in [0.15, 0.2) is 27.6 Å². The summed E-state index contributed by atoms with van der Waals surface area (Å²) in [5.74, 6) is -0.562. The number of carboxylic acids is 1.